The van der Waals surface area contributed by atoms with Crippen LogP contribution in [0.5, 0.6) is 5.75 Å². The second-order valence-corrected chi connectivity index (χ2v) is 4.96. The van der Waals surface area contributed by atoms with E-state index in [2.05, 4.69) is 5.32 Å². The Labute approximate surface area is 128 Å². The molecule has 1 amide bonds. The fourth-order valence-corrected chi connectivity index (χ4v) is 2.06. The number of aliphatic hydroxyl groups is 1. The average molecular weight is 306 g/mol. The fraction of sp³-hybridized carbons (Fsp3) is 0.188. The van der Waals surface area contributed by atoms with Crippen LogP contribution in [0.4, 0.5) is 0 Å². The zero-order valence-corrected chi connectivity index (χ0v) is 12.3. The minimum atomic E-state index is -1.23. The van der Waals surface area contributed by atoms with Crippen molar-refractivity contribution in [2.24, 2.45) is 0 Å². The molecule has 2 aromatic rings. The summed E-state index contributed by atoms with van der Waals surface area (Å²) >= 11 is 5.84. The van der Waals surface area contributed by atoms with E-state index in [9.17, 15) is 9.90 Å². The molecule has 1 unspecified atom stereocenters. The Morgan fingerprint density at radius 1 is 1.29 bits per heavy atom. The summed E-state index contributed by atoms with van der Waals surface area (Å²) in [5.41, 5.74) is 1.39. The van der Waals surface area contributed by atoms with Crippen molar-refractivity contribution < 1.29 is 14.6 Å². The number of benzene rings is 2. The molecule has 0 fully saturated rings. The van der Waals surface area contributed by atoms with Gasteiger partial charge in [-0.25, -0.2) is 0 Å². The molecule has 5 heteroatoms. The first-order valence-corrected chi connectivity index (χ1v) is 6.82. The van der Waals surface area contributed by atoms with E-state index in [4.69, 9.17) is 16.3 Å². The molecule has 0 bridgehead atoms. The van der Waals surface area contributed by atoms with Crippen molar-refractivity contribution in [3.63, 3.8) is 0 Å². The van der Waals surface area contributed by atoms with Crippen LogP contribution in [0.25, 0.3) is 0 Å². The molecule has 0 heterocycles. The maximum Gasteiger partial charge on any atom is 0.253 e. The summed E-state index contributed by atoms with van der Waals surface area (Å²) in [5.74, 6) is 0.289. The van der Waals surface area contributed by atoms with E-state index in [1.807, 2.05) is 24.3 Å². The van der Waals surface area contributed by atoms with Crippen LogP contribution < -0.4 is 10.1 Å². The van der Waals surface area contributed by atoms with Gasteiger partial charge in [0.15, 0.2) is 6.10 Å². The molecular weight excluding hydrogens is 290 g/mol. The number of ether oxygens (including phenoxy) is 1. The molecule has 0 saturated heterocycles. The second kappa shape index (κ2) is 7.11. The highest BCUT2D eigenvalue weighted by Gasteiger charge is 2.17. The summed E-state index contributed by atoms with van der Waals surface area (Å²) in [6.45, 7) is 0.334. The predicted molar refractivity (Wildman–Crippen MR) is 81.3 cm³/mol. The Hall–Kier alpha value is -2.04. The van der Waals surface area contributed by atoms with Crippen LogP contribution in [-0.4, -0.2) is 18.1 Å². The van der Waals surface area contributed by atoms with Gasteiger partial charge in [0.1, 0.15) is 5.75 Å². The van der Waals surface area contributed by atoms with Gasteiger partial charge in [-0.3, -0.25) is 4.79 Å². The molecule has 110 valence electrons. The Bertz CT molecular complexity index is 613. The van der Waals surface area contributed by atoms with Gasteiger partial charge in [-0.1, -0.05) is 35.9 Å². The molecule has 21 heavy (non-hydrogen) atoms. The van der Waals surface area contributed by atoms with Crippen molar-refractivity contribution in [2.75, 3.05) is 7.11 Å². The first kappa shape index (κ1) is 15.4. The van der Waals surface area contributed by atoms with Crippen molar-refractivity contribution in [3.8, 4) is 5.75 Å². The maximum absolute atomic E-state index is 11.9. The molecule has 0 aliphatic heterocycles. The van der Waals surface area contributed by atoms with Crippen LogP contribution in [0.1, 0.15) is 17.2 Å². The van der Waals surface area contributed by atoms with E-state index in [1.165, 1.54) is 0 Å². The topological polar surface area (TPSA) is 58.6 Å². The van der Waals surface area contributed by atoms with Crippen LogP contribution in [0.15, 0.2) is 48.5 Å². The normalized spacial score (nSPS) is 11.8. The first-order chi connectivity index (χ1) is 10.1. The molecule has 2 N–H and O–H groups in total. The van der Waals surface area contributed by atoms with Crippen molar-refractivity contribution in [2.45, 2.75) is 12.6 Å². The lowest BCUT2D eigenvalue weighted by Crippen LogP contribution is -2.28. The summed E-state index contributed by atoms with van der Waals surface area (Å²) in [5, 5.41) is 13.1. The van der Waals surface area contributed by atoms with E-state index < -0.39 is 12.0 Å². The Morgan fingerprint density at radius 3 is 2.62 bits per heavy atom. The number of carbonyl (C=O) groups is 1. The lowest BCUT2D eigenvalue weighted by molar-refractivity contribution is -0.129. The van der Waals surface area contributed by atoms with Crippen LogP contribution in [0.3, 0.4) is 0 Å². The van der Waals surface area contributed by atoms with Crippen LogP contribution in [0, 0.1) is 0 Å². The molecule has 0 aromatic heterocycles. The van der Waals surface area contributed by atoms with Crippen molar-refractivity contribution in [1.29, 1.82) is 0 Å². The summed E-state index contributed by atoms with van der Waals surface area (Å²) < 4.78 is 5.06. The zero-order valence-electron chi connectivity index (χ0n) is 11.5. The summed E-state index contributed by atoms with van der Waals surface area (Å²) in [4.78, 5) is 11.9. The summed E-state index contributed by atoms with van der Waals surface area (Å²) in [6, 6.07) is 13.9. The van der Waals surface area contributed by atoms with Gasteiger partial charge in [0.2, 0.25) is 0 Å². The maximum atomic E-state index is 11.9. The number of aliphatic hydroxyl groups excluding tert-OH is 1. The SMILES string of the molecule is COc1ccc(CNC(=O)C(O)c2cccc(Cl)c2)cc1. The Morgan fingerprint density at radius 2 is 2.00 bits per heavy atom. The van der Waals surface area contributed by atoms with Crippen LogP contribution in [0.2, 0.25) is 5.02 Å². The smallest absolute Gasteiger partial charge is 0.253 e. The highest BCUT2D eigenvalue weighted by molar-refractivity contribution is 6.30. The van der Waals surface area contributed by atoms with Gasteiger partial charge in [-0.05, 0) is 35.4 Å². The minimum absolute atomic E-state index is 0.334. The lowest BCUT2D eigenvalue weighted by atomic mass is 10.1. The largest absolute Gasteiger partial charge is 0.497 e. The van der Waals surface area contributed by atoms with E-state index >= 15 is 0 Å². The fourth-order valence-electron chi connectivity index (χ4n) is 1.86. The van der Waals surface area contributed by atoms with Gasteiger partial charge in [-0.2, -0.15) is 0 Å². The van der Waals surface area contributed by atoms with Crippen molar-refractivity contribution in [3.05, 3.63) is 64.7 Å². The van der Waals surface area contributed by atoms with Gasteiger partial charge in [0.25, 0.3) is 5.91 Å². The van der Waals surface area contributed by atoms with Gasteiger partial charge in [0.05, 0.1) is 7.11 Å². The Kier molecular flexibility index (Phi) is 5.20. The lowest BCUT2D eigenvalue weighted by Gasteiger charge is -2.12. The Balaban J connectivity index is 1.94. The summed E-state index contributed by atoms with van der Waals surface area (Å²) in [6.07, 6.45) is -1.23. The second-order valence-electron chi connectivity index (χ2n) is 4.52. The van der Waals surface area contributed by atoms with E-state index in [0.29, 0.717) is 17.1 Å². The molecule has 0 aliphatic carbocycles. The van der Waals surface area contributed by atoms with E-state index in [0.717, 1.165) is 11.3 Å². The number of hydrogen-bond acceptors (Lipinski definition) is 3. The number of carbonyl (C=O) groups excluding carboxylic acids is 1. The van der Waals surface area contributed by atoms with Crippen molar-refractivity contribution >= 4 is 17.5 Å². The number of amides is 1. The summed E-state index contributed by atoms with van der Waals surface area (Å²) in [7, 11) is 1.60. The van der Waals surface area contributed by atoms with E-state index in [-0.39, 0.29) is 0 Å². The first-order valence-electron chi connectivity index (χ1n) is 6.44. The third-order valence-corrected chi connectivity index (χ3v) is 3.27. The molecule has 0 radical (unpaired) electrons. The van der Waals surface area contributed by atoms with Gasteiger partial charge in [0, 0.05) is 11.6 Å². The number of nitrogens with one attached hydrogen (secondary N) is 1. The van der Waals surface area contributed by atoms with Crippen LogP contribution >= 0.6 is 11.6 Å². The molecule has 0 spiro atoms. The number of halogens is 1. The third-order valence-electron chi connectivity index (χ3n) is 3.04. The molecule has 0 aliphatic rings. The average Bonchev–Trinajstić information content (AvgIpc) is 2.52. The number of hydrogen-bond donors (Lipinski definition) is 2. The number of methoxy groups -OCH3 is 1. The molecule has 4 nitrogen and oxygen atoms in total. The van der Waals surface area contributed by atoms with Gasteiger partial charge < -0.3 is 15.2 Å². The van der Waals surface area contributed by atoms with E-state index in [1.54, 1.807) is 31.4 Å². The third kappa shape index (κ3) is 4.21. The monoisotopic (exact) mass is 305 g/mol. The van der Waals surface area contributed by atoms with Gasteiger partial charge >= 0.3 is 0 Å². The molecule has 2 rings (SSSR count). The molecule has 2 aromatic carbocycles. The predicted octanol–water partition coefficient (Wildman–Crippen LogP) is 2.70. The minimum Gasteiger partial charge on any atom is -0.497 e. The standard InChI is InChI=1S/C16H16ClNO3/c1-21-14-7-5-11(6-8-14)10-18-16(20)15(19)12-3-2-4-13(17)9-12/h2-9,15,19H,10H2,1H3,(H,18,20). The quantitative estimate of drug-likeness (QED) is 0.893. The highest BCUT2D eigenvalue weighted by Crippen LogP contribution is 2.18. The highest BCUT2D eigenvalue weighted by atomic mass is 35.5. The molecular formula is C16H16ClNO3. The van der Waals surface area contributed by atoms with Gasteiger partial charge in [-0.15, -0.1) is 0 Å². The van der Waals surface area contributed by atoms with Crippen molar-refractivity contribution in [1.82, 2.24) is 5.32 Å². The zero-order chi connectivity index (χ0) is 15.2. The van der Waals surface area contributed by atoms with Crippen LogP contribution in [-0.2, 0) is 11.3 Å². The number of rotatable bonds is 5. The molecule has 0 saturated carbocycles. The molecule has 1 atom stereocenters.